The predicted molar refractivity (Wildman–Crippen MR) is 81.1 cm³/mol. The topological polar surface area (TPSA) is 3.24 Å². The summed E-state index contributed by atoms with van der Waals surface area (Å²) in [5, 5.41) is 0. The second-order valence-electron chi connectivity index (χ2n) is 5.50. The van der Waals surface area contributed by atoms with Crippen molar-refractivity contribution in [3.05, 3.63) is 34.9 Å². The van der Waals surface area contributed by atoms with Crippen molar-refractivity contribution in [2.24, 2.45) is 0 Å². The van der Waals surface area contributed by atoms with Crippen molar-refractivity contribution >= 4 is 0 Å². The number of rotatable bonds is 2. The molecule has 2 rings (SSSR count). The van der Waals surface area contributed by atoms with Gasteiger partial charge in [-0.3, -0.25) is 4.90 Å². The minimum atomic E-state index is 0.647. The first-order chi connectivity index (χ1) is 8.58. The average molecular weight is 247 g/mol. The van der Waals surface area contributed by atoms with Gasteiger partial charge in [0.25, 0.3) is 0 Å². The number of hydrogen-bond donors (Lipinski definition) is 0. The maximum atomic E-state index is 2.55. The maximum Gasteiger partial charge on any atom is 0.0239 e. The first-order valence-electron chi connectivity index (χ1n) is 7.43. The maximum absolute atomic E-state index is 2.55. The monoisotopic (exact) mass is 247 g/mol. The molecule has 0 aromatic heterocycles. The summed E-state index contributed by atoms with van der Waals surface area (Å²) in [4.78, 5) is 2.55. The largest absolute Gasteiger partial charge is 0.296 e. The van der Waals surface area contributed by atoms with Crippen LogP contribution in [0.3, 0.4) is 0 Å². The van der Waals surface area contributed by atoms with E-state index in [9.17, 15) is 0 Å². The lowest BCUT2D eigenvalue weighted by Crippen LogP contribution is -2.35. The van der Waals surface area contributed by atoms with Crippen molar-refractivity contribution in [3.8, 4) is 0 Å². The first-order valence-corrected chi connectivity index (χ1v) is 7.43. The van der Waals surface area contributed by atoms with Crippen molar-refractivity contribution in [1.82, 2.24) is 4.90 Å². The summed E-state index contributed by atoms with van der Waals surface area (Å²) in [6.07, 6.45) is 1.22. The molecule has 0 bridgehead atoms. The summed E-state index contributed by atoms with van der Waals surface area (Å²) in [7, 11) is 0. The molecule has 18 heavy (non-hydrogen) atoms. The molecule has 0 saturated heterocycles. The lowest BCUT2D eigenvalue weighted by molar-refractivity contribution is 0.203. The van der Waals surface area contributed by atoms with Gasteiger partial charge < -0.3 is 0 Å². The van der Waals surface area contributed by atoms with Crippen LogP contribution in [0.2, 0.25) is 0 Å². The molecule has 1 heteroatoms. The van der Waals surface area contributed by atoms with Crippen molar-refractivity contribution < 1.29 is 0 Å². The lowest BCUT2D eigenvalue weighted by atomic mass is 9.93. The Hall–Kier alpha value is -0.820. The molecule has 1 nitrogen and oxygen atoms in total. The van der Waals surface area contributed by atoms with Gasteiger partial charge in [0.2, 0.25) is 0 Å². The van der Waals surface area contributed by atoms with Gasteiger partial charge in [0.15, 0.2) is 0 Å². The van der Waals surface area contributed by atoms with Crippen molar-refractivity contribution in [2.75, 3.05) is 6.54 Å². The molecule has 0 saturated carbocycles. The zero-order valence-corrected chi connectivity index (χ0v) is 13.0. The molecule has 0 spiro atoms. The van der Waals surface area contributed by atoms with Gasteiger partial charge in [0.1, 0.15) is 0 Å². The Labute approximate surface area is 113 Å². The Morgan fingerprint density at radius 3 is 2.22 bits per heavy atom. The third-order valence-electron chi connectivity index (χ3n) is 3.67. The van der Waals surface area contributed by atoms with Crippen LogP contribution in [0.5, 0.6) is 0 Å². The fraction of sp³-hybridized carbons (Fsp3) is 0.647. The van der Waals surface area contributed by atoms with E-state index in [4.69, 9.17) is 0 Å². The van der Waals surface area contributed by atoms with E-state index < -0.39 is 0 Å². The Bertz CT molecular complexity index is 366. The molecule has 1 aliphatic heterocycles. The summed E-state index contributed by atoms with van der Waals surface area (Å²) < 4.78 is 0. The molecule has 0 N–H and O–H groups in total. The zero-order valence-electron chi connectivity index (χ0n) is 13.0. The molecule has 0 fully saturated rings. The smallest absolute Gasteiger partial charge is 0.0239 e. The average Bonchev–Trinajstić information content (AvgIpc) is 2.39. The van der Waals surface area contributed by atoms with E-state index in [1.54, 1.807) is 5.56 Å². The van der Waals surface area contributed by atoms with E-state index in [1.165, 1.54) is 24.1 Å². The van der Waals surface area contributed by atoms with Gasteiger partial charge in [-0.05, 0) is 42.9 Å². The molecule has 1 aromatic rings. The van der Waals surface area contributed by atoms with Crippen LogP contribution in [0.15, 0.2) is 18.2 Å². The molecule has 0 atom stereocenters. The molecule has 1 heterocycles. The van der Waals surface area contributed by atoms with E-state index in [2.05, 4.69) is 50.8 Å². The Morgan fingerprint density at radius 2 is 1.67 bits per heavy atom. The summed E-state index contributed by atoms with van der Waals surface area (Å²) in [6, 6.07) is 7.71. The third-order valence-corrected chi connectivity index (χ3v) is 3.67. The third kappa shape index (κ3) is 3.58. The first kappa shape index (κ1) is 15.2. The summed E-state index contributed by atoms with van der Waals surface area (Å²) >= 11 is 0. The fourth-order valence-corrected chi connectivity index (χ4v) is 2.39. The number of nitrogens with zero attached hydrogens (tertiary/aromatic N) is 1. The van der Waals surface area contributed by atoms with Crippen LogP contribution in [0.1, 0.15) is 64.2 Å². The Balaban J connectivity index is 0.000000771. The van der Waals surface area contributed by atoms with Gasteiger partial charge in [-0.15, -0.1) is 0 Å². The van der Waals surface area contributed by atoms with Gasteiger partial charge in [-0.2, -0.15) is 0 Å². The summed E-state index contributed by atoms with van der Waals surface area (Å²) in [5.74, 6) is 0.647. The van der Waals surface area contributed by atoms with Crippen molar-refractivity contribution in [1.29, 1.82) is 0 Å². The molecular weight excluding hydrogens is 218 g/mol. The van der Waals surface area contributed by atoms with Gasteiger partial charge in [-0.25, -0.2) is 0 Å². The Morgan fingerprint density at radius 1 is 1.00 bits per heavy atom. The van der Waals surface area contributed by atoms with Crippen LogP contribution >= 0.6 is 0 Å². The number of hydrogen-bond acceptors (Lipinski definition) is 1. The SMILES string of the molecule is CC.CC(C)c1ccc2c(c1)CCN(C(C)C)C2. The highest BCUT2D eigenvalue weighted by Gasteiger charge is 2.18. The fourth-order valence-electron chi connectivity index (χ4n) is 2.39. The van der Waals surface area contributed by atoms with E-state index in [0.717, 1.165) is 6.54 Å². The Kier molecular flexibility index (Phi) is 5.87. The van der Waals surface area contributed by atoms with E-state index in [-0.39, 0.29) is 0 Å². The van der Waals surface area contributed by atoms with Gasteiger partial charge in [0, 0.05) is 19.1 Å². The molecule has 0 aliphatic carbocycles. The predicted octanol–water partition coefficient (Wildman–Crippen LogP) is 4.60. The zero-order chi connectivity index (χ0) is 13.7. The minimum Gasteiger partial charge on any atom is -0.296 e. The summed E-state index contributed by atoms with van der Waals surface area (Å²) in [5.41, 5.74) is 4.59. The highest BCUT2D eigenvalue weighted by atomic mass is 15.1. The molecule has 0 amide bonds. The van der Waals surface area contributed by atoms with Crippen molar-refractivity contribution in [2.45, 2.75) is 66.5 Å². The molecule has 1 aromatic carbocycles. The molecule has 102 valence electrons. The van der Waals surface area contributed by atoms with Gasteiger partial charge >= 0.3 is 0 Å². The van der Waals surface area contributed by atoms with Crippen LogP contribution in [-0.4, -0.2) is 17.5 Å². The standard InChI is InChI=1S/C15H23N.C2H6/c1-11(2)13-5-6-15-10-16(12(3)4)8-7-14(15)9-13;1-2/h5-6,9,11-12H,7-8,10H2,1-4H3;1-2H3. The second-order valence-corrected chi connectivity index (χ2v) is 5.50. The van der Waals surface area contributed by atoms with E-state index >= 15 is 0 Å². The van der Waals surface area contributed by atoms with Crippen LogP contribution in [0.4, 0.5) is 0 Å². The molecular formula is C17H29N. The van der Waals surface area contributed by atoms with Gasteiger partial charge in [-0.1, -0.05) is 45.9 Å². The lowest BCUT2D eigenvalue weighted by Gasteiger charge is -2.32. The molecule has 0 radical (unpaired) electrons. The van der Waals surface area contributed by atoms with Crippen LogP contribution in [0, 0.1) is 0 Å². The normalized spacial score (nSPS) is 15.3. The molecule has 0 unspecified atom stereocenters. The van der Waals surface area contributed by atoms with Gasteiger partial charge in [0.05, 0.1) is 0 Å². The quantitative estimate of drug-likeness (QED) is 0.738. The number of fused-ring (bicyclic) bond motifs is 1. The molecule has 1 aliphatic rings. The van der Waals surface area contributed by atoms with E-state index in [1.807, 2.05) is 13.8 Å². The van der Waals surface area contributed by atoms with E-state index in [0.29, 0.717) is 12.0 Å². The number of benzene rings is 1. The van der Waals surface area contributed by atoms with Crippen LogP contribution in [-0.2, 0) is 13.0 Å². The summed E-state index contributed by atoms with van der Waals surface area (Å²) in [6.45, 7) is 15.5. The highest BCUT2D eigenvalue weighted by Crippen LogP contribution is 2.24. The minimum absolute atomic E-state index is 0.647. The van der Waals surface area contributed by atoms with Crippen LogP contribution in [0.25, 0.3) is 0 Å². The van der Waals surface area contributed by atoms with Crippen LogP contribution < -0.4 is 0 Å². The highest BCUT2D eigenvalue weighted by molar-refractivity contribution is 5.35. The second kappa shape index (κ2) is 6.94. The van der Waals surface area contributed by atoms with Crippen molar-refractivity contribution in [3.63, 3.8) is 0 Å².